The third-order valence-corrected chi connectivity index (χ3v) is 4.62. The van der Waals surface area contributed by atoms with Gasteiger partial charge in [-0.2, -0.15) is 0 Å². The summed E-state index contributed by atoms with van der Waals surface area (Å²) in [5, 5.41) is 3.32. The summed E-state index contributed by atoms with van der Waals surface area (Å²) in [6.45, 7) is 2.45. The fraction of sp³-hybridized carbons (Fsp3) is 0.923. The molecule has 2 heterocycles. The van der Waals surface area contributed by atoms with Crippen LogP contribution in [-0.4, -0.2) is 60.5 Å². The molecular formula is C13H23N3O. The standard InChI is InChI=1S/C13H23N3O/c1-15-11-4-5-12(15)9-16(7-6-11)13(17)8-14-10-2-3-10/h10-12,14H,2-9H2,1H3. The summed E-state index contributed by atoms with van der Waals surface area (Å²) in [6.07, 6.45) is 6.24. The molecule has 3 rings (SSSR count). The fourth-order valence-electron chi connectivity index (χ4n) is 3.17. The smallest absolute Gasteiger partial charge is 0.236 e. The van der Waals surface area contributed by atoms with Crippen LogP contribution < -0.4 is 5.32 Å². The maximum Gasteiger partial charge on any atom is 0.236 e. The molecule has 2 aliphatic heterocycles. The lowest BCUT2D eigenvalue weighted by molar-refractivity contribution is -0.130. The molecule has 1 aliphatic carbocycles. The third-order valence-electron chi connectivity index (χ3n) is 4.62. The van der Waals surface area contributed by atoms with Crippen LogP contribution in [0.25, 0.3) is 0 Å². The predicted molar refractivity (Wildman–Crippen MR) is 66.8 cm³/mol. The summed E-state index contributed by atoms with van der Waals surface area (Å²) in [7, 11) is 2.22. The average molecular weight is 237 g/mol. The Morgan fingerprint density at radius 3 is 2.71 bits per heavy atom. The molecule has 2 unspecified atom stereocenters. The van der Waals surface area contributed by atoms with E-state index in [-0.39, 0.29) is 0 Å². The van der Waals surface area contributed by atoms with Crippen molar-refractivity contribution in [2.75, 3.05) is 26.7 Å². The van der Waals surface area contributed by atoms with Crippen LogP contribution in [0.4, 0.5) is 0 Å². The minimum Gasteiger partial charge on any atom is -0.340 e. The summed E-state index contributed by atoms with van der Waals surface area (Å²) >= 11 is 0. The normalized spacial score (nSPS) is 33.8. The van der Waals surface area contributed by atoms with Crippen molar-refractivity contribution in [2.24, 2.45) is 0 Å². The minimum atomic E-state index is 0.304. The van der Waals surface area contributed by atoms with Crippen molar-refractivity contribution >= 4 is 5.91 Å². The molecule has 4 nitrogen and oxygen atoms in total. The molecule has 17 heavy (non-hydrogen) atoms. The van der Waals surface area contributed by atoms with Gasteiger partial charge in [-0.25, -0.2) is 0 Å². The Labute approximate surface area is 103 Å². The number of rotatable bonds is 3. The lowest BCUT2D eigenvalue weighted by atomic mass is 10.1. The maximum atomic E-state index is 12.1. The second-order valence-electron chi connectivity index (χ2n) is 5.83. The lowest BCUT2D eigenvalue weighted by Gasteiger charge is -2.26. The van der Waals surface area contributed by atoms with Crippen molar-refractivity contribution in [1.29, 1.82) is 0 Å². The van der Waals surface area contributed by atoms with E-state index >= 15 is 0 Å². The molecule has 0 aromatic rings. The first-order valence-corrected chi connectivity index (χ1v) is 6.97. The van der Waals surface area contributed by atoms with Gasteiger partial charge in [0, 0.05) is 31.2 Å². The monoisotopic (exact) mass is 237 g/mol. The highest BCUT2D eigenvalue weighted by molar-refractivity contribution is 5.78. The molecule has 3 fully saturated rings. The van der Waals surface area contributed by atoms with Crippen molar-refractivity contribution < 1.29 is 4.79 Å². The van der Waals surface area contributed by atoms with Crippen LogP contribution in [0.3, 0.4) is 0 Å². The van der Waals surface area contributed by atoms with Gasteiger partial charge >= 0.3 is 0 Å². The van der Waals surface area contributed by atoms with E-state index in [9.17, 15) is 4.79 Å². The number of carbonyl (C=O) groups is 1. The first kappa shape index (κ1) is 11.5. The molecule has 3 aliphatic rings. The molecule has 2 atom stereocenters. The first-order chi connectivity index (χ1) is 8.24. The highest BCUT2D eigenvalue weighted by Gasteiger charge is 2.36. The summed E-state index contributed by atoms with van der Waals surface area (Å²) in [5.74, 6) is 0.304. The Morgan fingerprint density at radius 1 is 1.18 bits per heavy atom. The highest BCUT2D eigenvalue weighted by atomic mass is 16.2. The minimum absolute atomic E-state index is 0.304. The number of likely N-dealkylation sites (tertiary alicyclic amines) is 1. The summed E-state index contributed by atoms with van der Waals surface area (Å²) in [5.41, 5.74) is 0. The van der Waals surface area contributed by atoms with Gasteiger partial charge < -0.3 is 10.2 Å². The second-order valence-corrected chi connectivity index (χ2v) is 5.83. The zero-order valence-electron chi connectivity index (χ0n) is 10.7. The van der Waals surface area contributed by atoms with Crippen molar-refractivity contribution in [3.05, 3.63) is 0 Å². The van der Waals surface area contributed by atoms with Gasteiger partial charge in [0.15, 0.2) is 0 Å². The van der Waals surface area contributed by atoms with Crippen LogP contribution in [0.1, 0.15) is 32.1 Å². The van der Waals surface area contributed by atoms with Gasteiger partial charge in [0.05, 0.1) is 6.54 Å². The average Bonchev–Trinajstić information content (AvgIpc) is 3.05. The topological polar surface area (TPSA) is 35.6 Å². The van der Waals surface area contributed by atoms with E-state index in [0.717, 1.165) is 19.5 Å². The Bertz CT molecular complexity index is 303. The van der Waals surface area contributed by atoms with E-state index in [2.05, 4.69) is 22.2 Å². The second kappa shape index (κ2) is 4.58. The zero-order chi connectivity index (χ0) is 11.8. The van der Waals surface area contributed by atoms with Gasteiger partial charge in [-0.05, 0) is 39.2 Å². The Balaban J connectivity index is 1.54. The first-order valence-electron chi connectivity index (χ1n) is 6.97. The highest BCUT2D eigenvalue weighted by Crippen LogP contribution is 2.28. The molecule has 0 radical (unpaired) electrons. The predicted octanol–water partition coefficient (Wildman–Crippen LogP) is 0.433. The molecule has 0 aromatic carbocycles. The van der Waals surface area contributed by atoms with Crippen molar-refractivity contribution in [3.63, 3.8) is 0 Å². The zero-order valence-corrected chi connectivity index (χ0v) is 10.7. The molecule has 1 amide bonds. The van der Waals surface area contributed by atoms with Gasteiger partial charge in [-0.15, -0.1) is 0 Å². The van der Waals surface area contributed by atoms with E-state index in [0.29, 0.717) is 30.6 Å². The molecule has 0 aromatic heterocycles. The number of amides is 1. The van der Waals surface area contributed by atoms with E-state index in [4.69, 9.17) is 0 Å². The van der Waals surface area contributed by atoms with E-state index in [1.807, 2.05) is 0 Å². The largest absolute Gasteiger partial charge is 0.340 e. The summed E-state index contributed by atoms with van der Waals surface area (Å²) in [6, 6.07) is 1.95. The van der Waals surface area contributed by atoms with Crippen LogP contribution in [0.5, 0.6) is 0 Å². The number of hydrogen-bond donors (Lipinski definition) is 1. The van der Waals surface area contributed by atoms with Gasteiger partial charge in [-0.1, -0.05) is 0 Å². The van der Waals surface area contributed by atoms with Crippen molar-refractivity contribution in [2.45, 2.75) is 50.2 Å². The molecule has 2 bridgehead atoms. The molecule has 1 N–H and O–H groups in total. The van der Waals surface area contributed by atoms with E-state index in [1.165, 1.54) is 25.7 Å². The molecule has 0 spiro atoms. The SMILES string of the molecule is CN1C2CCC1CN(C(=O)CNC1CC1)CC2. The molecule has 4 heteroatoms. The maximum absolute atomic E-state index is 12.1. The Kier molecular flexibility index (Phi) is 3.09. The van der Waals surface area contributed by atoms with Crippen LogP contribution in [-0.2, 0) is 4.79 Å². The van der Waals surface area contributed by atoms with E-state index in [1.54, 1.807) is 0 Å². The number of likely N-dealkylation sites (N-methyl/N-ethyl adjacent to an activating group) is 1. The number of hydrogen-bond acceptors (Lipinski definition) is 3. The van der Waals surface area contributed by atoms with Gasteiger partial charge in [0.1, 0.15) is 0 Å². The molecule has 96 valence electrons. The fourth-order valence-corrected chi connectivity index (χ4v) is 3.17. The number of fused-ring (bicyclic) bond motifs is 2. The van der Waals surface area contributed by atoms with Crippen LogP contribution in [0, 0.1) is 0 Å². The third kappa shape index (κ3) is 2.47. The van der Waals surface area contributed by atoms with E-state index < -0.39 is 0 Å². The Morgan fingerprint density at radius 2 is 1.94 bits per heavy atom. The van der Waals surface area contributed by atoms with Crippen molar-refractivity contribution in [3.8, 4) is 0 Å². The number of nitrogens with one attached hydrogen (secondary N) is 1. The lowest BCUT2D eigenvalue weighted by Crippen LogP contribution is -2.43. The molecular weight excluding hydrogens is 214 g/mol. The van der Waals surface area contributed by atoms with Crippen LogP contribution >= 0.6 is 0 Å². The van der Waals surface area contributed by atoms with Gasteiger partial charge in [0.25, 0.3) is 0 Å². The molecule has 2 saturated heterocycles. The van der Waals surface area contributed by atoms with Gasteiger partial charge in [-0.3, -0.25) is 9.69 Å². The molecule has 1 saturated carbocycles. The summed E-state index contributed by atoms with van der Waals surface area (Å²) < 4.78 is 0. The number of carbonyl (C=O) groups excluding carboxylic acids is 1. The van der Waals surface area contributed by atoms with Crippen molar-refractivity contribution in [1.82, 2.24) is 15.1 Å². The summed E-state index contributed by atoms with van der Waals surface area (Å²) in [4.78, 5) is 16.7. The number of nitrogens with zero attached hydrogens (tertiary/aromatic N) is 2. The quantitative estimate of drug-likeness (QED) is 0.773. The van der Waals surface area contributed by atoms with Gasteiger partial charge in [0.2, 0.25) is 5.91 Å². The van der Waals surface area contributed by atoms with Crippen LogP contribution in [0.15, 0.2) is 0 Å². The Hall–Kier alpha value is -0.610. The van der Waals surface area contributed by atoms with Crippen LogP contribution in [0.2, 0.25) is 0 Å².